The normalized spacial score (nSPS) is 16.5. The van der Waals surface area contributed by atoms with Crippen LogP contribution in [0.5, 0.6) is 0 Å². The van der Waals surface area contributed by atoms with Crippen molar-refractivity contribution < 1.29 is 4.42 Å². The zero-order valence-corrected chi connectivity index (χ0v) is 9.60. The van der Waals surface area contributed by atoms with Crippen LogP contribution in [0.3, 0.4) is 0 Å². The summed E-state index contributed by atoms with van der Waals surface area (Å²) in [6, 6.07) is 7.52. The second kappa shape index (κ2) is 4.20. The Morgan fingerprint density at radius 1 is 1.18 bits per heavy atom. The number of anilines is 1. The third-order valence-electron chi connectivity index (χ3n) is 3.28. The van der Waals surface area contributed by atoms with E-state index in [0.717, 1.165) is 11.5 Å². The molecule has 4 nitrogen and oxygen atoms in total. The molecule has 88 valence electrons. The van der Waals surface area contributed by atoms with Crippen molar-refractivity contribution in [2.75, 3.05) is 5.73 Å². The van der Waals surface area contributed by atoms with Crippen molar-refractivity contribution in [1.29, 1.82) is 0 Å². The average molecular weight is 229 g/mol. The van der Waals surface area contributed by atoms with Crippen molar-refractivity contribution in [3.63, 3.8) is 0 Å². The number of hydrogen-bond donors (Lipinski definition) is 1. The molecule has 0 radical (unpaired) electrons. The van der Waals surface area contributed by atoms with Gasteiger partial charge in [-0.3, -0.25) is 0 Å². The van der Waals surface area contributed by atoms with Gasteiger partial charge in [0.1, 0.15) is 0 Å². The molecule has 3 rings (SSSR count). The summed E-state index contributed by atoms with van der Waals surface area (Å²) in [6.45, 7) is 0. The van der Waals surface area contributed by atoms with Gasteiger partial charge in [-0.15, -0.1) is 10.2 Å². The minimum atomic E-state index is 0.456. The molecule has 1 aliphatic carbocycles. The summed E-state index contributed by atoms with van der Waals surface area (Å²) in [5.41, 5.74) is 7.34. The van der Waals surface area contributed by atoms with Gasteiger partial charge < -0.3 is 10.2 Å². The zero-order chi connectivity index (χ0) is 11.7. The van der Waals surface area contributed by atoms with Gasteiger partial charge in [-0.2, -0.15) is 0 Å². The smallest absolute Gasteiger partial charge is 0.247 e. The Balaban J connectivity index is 1.89. The lowest BCUT2D eigenvalue weighted by atomic mass is 10.1. The monoisotopic (exact) mass is 229 g/mol. The van der Waals surface area contributed by atoms with Crippen LogP contribution in [0.1, 0.15) is 37.5 Å². The topological polar surface area (TPSA) is 64.9 Å². The van der Waals surface area contributed by atoms with Crippen LogP contribution >= 0.6 is 0 Å². The van der Waals surface area contributed by atoms with Crippen LogP contribution in [0, 0.1) is 0 Å². The maximum absolute atomic E-state index is 5.74. The van der Waals surface area contributed by atoms with Crippen LogP contribution < -0.4 is 5.73 Å². The summed E-state index contributed by atoms with van der Waals surface area (Å²) in [7, 11) is 0. The molecule has 1 aliphatic rings. The number of rotatable bonds is 2. The van der Waals surface area contributed by atoms with E-state index < -0.39 is 0 Å². The average Bonchev–Trinajstić information content (AvgIpc) is 3.00. The largest absolute Gasteiger partial charge is 0.420 e. The van der Waals surface area contributed by atoms with Gasteiger partial charge in [0.2, 0.25) is 11.8 Å². The second-order valence-electron chi connectivity index (χ2n) is 4.55. The fourth-order valence-corrected chi connectivity index (χ4v) is 2.36. The highest BCUT2D eigenvalue weighted by atomic mass is 16.4. The van der Waals surface area contributed by atoms with Gasteiger partial charge in [-0.05, 0) is 31.0 Å². The summed E-state index contributed by atoms with van der Waals surface area (Å²) in [5.74, 6) is 1.80. The van der Waals surface area contributed by atoms with Gasteiger partial charge in [0.25, 0.3) is 0 Å². The number of nitrogens with zero attached hydrogens (tertiary/aromatic N) is 2. The lowest BCUT2D eigenvalue weighted by Gasteiger charge is -2.00. The van der Waals surface area contributed by atoms with Crippen molar-refractivity contribution in [2.45, 2.75) is 31.6 Å². The van der Waals surface area contributed by atoms with Crippen molar-refractivity contribution >= 4 is 5.69 Å². The maximum atomic E-state index is 5.74. The molecular formula is C13H15N3O. The van der Waals surface area contributed by atoms with E-state index in [1.54, 1.807) is 0 Å². The van der Waals surface area contributed by atoms with E-state index in [0.29, 0.717) is 17.5 Å². The van der Waals surface area contributed by atoms with E-state index in [1.165, 1.54) is 25.7 Å². The molecule has 1 aromatic carbocycles. The van der Waals surface area contributed by atoms with Crippen LogP contribution in [0.2, 0.25) is 0 Å². The van der Waals surface area contributed by atoms with Gasteiger partial charge >= 0.3 is 0 Å². The standard InChI is InChI=1S/C13H15N3O/c14-11-7-3-6-10(8-11)13-16-15-12(17-13)9-4-1-2-5-9/h3,6-9H,1-2,4-5,14H2. The summed E-state index contributed by atoms with van der Waals surface area (Å²) in [4.78, 5) is 0. The molecule has 0 unspecified atom stereocenters. The summed E-state index contributed by atoms with van der Waals surface area (Å²) in [5, 5.41) is 8.25. The molecule has 0 saturated heterocycles. The second-order valence-corrected chi connectivity index (χ2v) is 4.55. The summed E-state index contributed by atoms with van der Waals surface area (Å²) < 4.78 is 5.73. The predicted molar refractivity (Wildman–Crippen MR) is 65.4 cm³/mol. The highest BCUT2D eigenvalue weighted by Crippen LogP contribution is 2.34. The van der Waals surface area contributed by atoms with E-state index >= 15 is 0 Å². The maximum Gasteiger partial charge on any atom is 0.247 e. The first-order chi connectivity index (χ1) is 8.33. The molecule has 0 aliphatic heterocycles. The van der Waals surface area contributed by atoms with Crippen LogP contribution in [0.4, 0.5) is 5.69 Å². The van der Waals surface area contributed by atoms with Crippen LogP contribution in [0.25, 0.3) is 11.5 Å². The van der Waals surface area contributed by atoms with Crippen molar-refractivity contribution in [3.05, 3.63) is 30.2 Å². The molecule has 1 fully saturated rings. The zero-order valence-electron chi connectivity index (χ0n) is 9.60. The lowest BCUT2D eigenvalue weighted by molar-refractivity contribution is 0.457. The summed E-state index contributed by atoms with van der Waals surface area (Å²) in [6.07, 6.45) is 4.86. The first-order valence-corrected chi connectivity index (χ1v) is 6.02. The van der Waals surface area contributed by atoms with E-state index in [-0.39, 0.29) is 0 Å². The quantitative estimate of drug-likeness (QED) is 0.804. The molecule has 2 N–H and O–H groups in total. The van der Waals surface area contributed by atoms with Crippen molar-refractivity contribution in [3.8, 4) is 11.5 Å². The Morgan fingerprint density at radius 2 is 2.00 bits per heavy atom. The highest BCUT2D eigenvalue weighted by molar-refractivity contribution is 5.59. The fourth-order valence-electron chi connectivity index (χ4n) is 2.36. The minimum absolute atomic E-state index is 0.456. The van der Waals surface area contributed by atoms with Crippen LogP contribution in [-0.4, -0.2) is 10.2 Å². The van der Waals surface area contributed by atoms with Gasteiger partial charge in [-0.1, -0.05) is 18.9 Å². The Morgan fingerprint density at radius 3 is 2.76 bits per heavy atom. The predicted octanol–water partition coefficient (Wildman–Crippen LogP) is 2.98. The van der Waals surface area contributed by atoms with Gasteiger partial charge in [0.15, 0.2) is 0 Å². The Hall–Kier alpha value is -1.84. The third kappa shape index (κ3) is 2.02. The van der Waals surface area contributed by atoms with Crippen molar-refractivity contribution in [2.24, 2.45) is 0 Å². The van der Waals surface area contributed by atoms with Gasteiger partial charge in [0.05, 0.1) is 0 Å². The van der Waals surface area contributed by atoms with Crippen LogP contribution in [0.15, 0.2) is 28.7 Å². The number of nitrogen functional groups attached to an aromatic ring is 1. The molecule has 1 heterocycles. The molecule has 4 heteroatoms. The van der Waals surface area contributed by atoms with Crippen molar-refractivity contribution in [1.82, 2.24) is 10.2 Å². The highest BCUT2D eigenvalue weighted by Gasteiger charge is 2.22. The Labute approximate surface area is 99.8 Å². The molecule has 0 atom stereocenters. The Bertz CT molecular complexity index is 515. The Kier molecular flexibility index (Phi) is 2.55. The molecule has 0 bridgehead atoms. The number of benzene rings is 1. The van der Waals surface area contributed by atoms with E-state index in [9.17, 15) is 0 Å². The minimum Gasteiger partial charge on any atom is -0.420 e. The molecule has 17 heavy (non-hydrogen) atoms. The number of aromatic nitrogens is 2. The van der Waals surface area contributed by atoms with Crippen LogP contribution in [-0.2, 0) is 0 Å². The molecular weight excluding hydrogens is 214 g/mol. The first-order valence-electron chi connectivity index (χ1n) is 6.02. The van der Waals surface area contributed by atoms with E-state index in [1.807, 2.05) is 24.3 Å². The molecule has 0 spiro atoms. The number of hydrogen-bond acceptors (Lipinski definition) is 4. The fraction of sp³-hybridized carbons (Fsp3) is 0.385. The van der Waals surface area contributed by atoms with E-state index in [4.69, 9.17) is 10.2 Å². The van der Waals surface area contributed by atoms with Gasteiger partial charge in [-0.25, -0.2) is 0 Å². The van der Waals surface area contributed by atoms with Gasteiger partial charge in [0, 0.05) is 17.2 Å². The summed E-state index contributed by atoms with van der Waals surface area (Å²) >= 11 is 0. The molecule has 1 aromatic heterocycles. The van der Waals surface area contributed by atoms with E-state index in [2.05, 4.69) is 10.2 Å². The lowest BCUT2D eigenvalue weighted by Crippen LogP contribution is -1.91. The molecule has 0 amide bonds. The molecule has 2 aromatic rings. The first kappa shape index (κ1) is 10.3. The SMILES string of the molecule is Nc1cccc(-c2nnc(C3CCCC3)o2)c1. The number of nitrogens with two attached hydrogens (primary N) is 1. The third-order valence-corrected chi connectivity index (χ3v) is 3.28. The molecule has 1 saturated carbocycles.